The molecule has 1 aromatic carbocycles. The number of benzene rings is 1. The van der Waals surface area contributed by atoms with Crippen LogP contribution in [0.2, 0.25) is 0 Å². The van der Waals surface area contributed by atoms with Crippen LogP contribution in [0.15, 0.2) is 48.7 Å². The van der Waals surface area contributed by atoms with Crippen molar-refractivity contribution < 1.29 is 9.53 Å². The summed E-state index contributed by atoms with van der Waals surface area (Å²) in [6, 6.07) is 11.7. The lowest BCUT2D eigenvalue weighted by Crippen LogP contribution is -2.37. The maximum Gasteiger partial charge on any atom is 0.415 e. The first-order chi connectivity index (χ1) is 10.2. The molecular formula is C17H18N2O2. The van der Waals surface area contributed by atoms with E-state index in [0.717, 1.165) is 16.9 Å². The highest BCUT2D eigenvalue weighted by atomic mass is 16.6. The van der Waals surface area contributed by atoms with Crippen molar-refractivity contribution in [3.05, 3.63) is 59.9 Å². The lowest BCUT2D eigenvalue weighted by atomic mass is 10.0. The summed E-state index contributed by atoms with van der Waals surface area (Å²) in [5.41, 5.74) is 2.95. The molecule has 2 heterocycles. The molecule has 1 aromatic heterocycles. The first-order valence-corrected chi connectivity index (χ1v) is 7.07. The second kappa shape index (κ2) is 5.48. The average molecular weight is 282 g/mol. The minimum absolute atomic E-state index is 0.154. The smallest absolute Gasteiger partial charge is 0.415 e. The molecule has 0 bridgehead atoms. The van der Waals surface area contributed by atoms with Crippen LogP contribution in [0.3, 0.4) is 0 Å². The molecule has 0 radical (unpaired) electrons. The number of nitrogens with zero attached hydrogens (tertiary/aromatic N) is 2. The first-order valence-electron chi connectivity index (χ1n) is 7.07. The Hall–Kier alpha value is -2.49. The zero-order valence-electron chi connectivity index (χ0n) is 12.2. The number of carbonyl (C=O) groups excluding carboxylic acids is 1. The number of rotatable bonds is 2. The van der Waals surface area contributed by atoms with Crippen LogP contribution in [0.5, 0.6) is 0 Å². The maximum absolute atomic E-state index is 12.4. The number of hydrogen-bond donors (Lipinski definition) is 0. The van der Waals surface area contributed by atoms with Crippen molar-refractivity contribution in [2.75, 3.05) is 11.5 Å². The fourth-order valence-electron chi connectivity index (χ4n) is 2.70. The van der Waals surface area contributed by atoms with Gasteiger partial charge in [-0.15, -0.1) is 0 Å². The van der Waals surface area contributed by atoms with Crippen molar-refractivity contribution in [1.29, 1.82) is 0 Å². The summed E-state index contributed by atoms with van der Waals surface area (Å²) in [4.78, 5) is 14.2. The van der Waals surface area contributed by atoms with Gasteiger partial charge in [-0.1, -0.05) is 30.4 Å². The number of aryl methyl sites for hydroxylation is 1. The lowest BCUT2D eigenvalue weighted by molar-refractivity contribution is 0.158. The van der Waals surface area contributed by atoms with Crippen LogP contribution in [-0.2, 0) is 11.8 Å². The molecule has 1 aliphatic heterocycles. The fraction of sp³-hybridized carbons (Fsp3) is 0.235. The maximum atomic E-state index is 12.4. The van der Waals surface area contributed by atoms with Gasteiger partial charge < -0.3 is 9.30 Å². The Kier molecular flexibility index (Phi) is 3.52. The minimum Gasteiger partial charge on any atom is -0.449 e. The number of ether oxygens (including phenoxy) is 1. The number of amides is 1. The van der Waals surface area contributed by atoms with E-state index in [9.17, 15) is 4.79 Å². The van der Waals surface area contributed by atoms with E-state index in [1.54, 1.807) is 4.90 Å². The Morgan fingerprint density at radius 2 is 2.05 bits per heavy atom. The molecular weight excluding hydrogens is 264 g/mol. The van der Waals surface area contributed by atoms with Crippen LogP contribution in [0, 0.1) is 0 Å². The van der Waals surface area contributed by atoms with E-state index in [1.165, 1.54) is 0 Å². The Bertz CT molecular complexity index is 688. The molecule has 1 unspecified atom stereocenters. The topological polar surface area (TPSA) is 34.5 Å². The normalized spacial score (nSPS) is 16.7. The van der Waals surface area contributed by atoms with Gasteiger partial charge in [0, 0.05) is 18.9 Å². The van der Waals surface area contributed by atoms with Crippen LogP contribution in [0.4, 0.5) is 10.5 Å². The number of fused-ring (bicyclic) bond motifs is 1. The van der Waals surface area contributed by atoms with Gasteiger partial charge in [0.25, 0.3) is 0 Å². The highest BCUT2D eigenvalue weighted by molar-refractivity contribution is 5.93. The zero-order valence-corrected chi connectivity index (χ0v) is 12.2. The summed E-state index contributed by atoms with van der Waals surface area (Å²) in [7, 11) is 1.98. The Morgan fingerprint density at radius 1 is 1.24 bits per heavy atom. The van der Waals surface area contributed by atoms with E-state index in [1.807, 2.05) is 67.2 Å². The molecule has 108 valence electrons. The number of aromatic nitrogens is 1. The Labute approximate surface area is 124 Å². The van der Waals surface area contributed by atoms with E-state index >= 15 is 0 Å². The van der Waals surface area contributed by atoms with Gasteiger partial charge in [-0.2, -0.15) is 0 Å². The molecule has 0 aliphatic carbocycles. The van der Waals surface area contributed by atoms with E-state index in [4.69, 9.17) is 4.74 Å². The zero-order chi connectivity index (χ0) is 14.8. The fourth-order valence-corrected chi connectivity index (χ4v) is 2.70. The quantitative estimate of drug-likeness (QED) is 0.840. The molecule has 4 heteroatoms. The van der Waals surface area contributed by atoms with Crippen LogP contribution < -0.4 is 4.90 Å². The van der Waals surface area contributed by atoms with E-state index in [0.29, 0.717) is 6.61 Å². The summed E-state index contributed by atoms with van der Waals surface area (Å²) >= 11 is 0. The van der Waals surface area contributed by atoms with Gasteiger partial charge in [-0.3, -0.25) is 4.90 Å². The van der Waals surface area contributed by atoms with E-state index in [2.05, 4.69) is 6.08 Å². The Morgan fingerprint density at radius 3 is 2.76 bits per heavy atom. The molecule has 21 heavy (non-hydrogen) atoms. The van der Waals surface area contributed by atoms with Gasteiger partial charge >= 0.3 is 6.09 Å². The second-order valence-corrected chi connectivity index (χ2v) is 4.98. The van der Waals surface area contributed by atoms with Gasteiger partial charge in [0.2, 0.25) is 0 Å². The highest BCUT2D eigenvalue weighted by Crippen LogP contribution is 2.36. The number of hydrogen-bond acceptors (Lipinski definition) is 2. The standard InChI is InChI=1S/C17H18N2O2/c1-3-21-17(20)19-14-8-5-4-7-13(14)10-11-16(19)15-9-6-12-18(15)2/h4-12,16H,3H2,1-2H3. The van der Waals surface area contributed by atoms with Gasteiger partial charge in [0.15, 0.2) is 0 Å². The molecule has 0 N–H and O–H groups in total. The SMILES string of the molecule is CCOC(=O)N1c2ccccc2C=CC1c1cccn1C. The van der Waals surface area contributed by atoms with Gasteiger partial charge in [0.1, 0.15) is 0 Å². The van der Waals surface area contributed by atoms with Crippen molar-refractivity contribution in [3.63, 3.8) is 0 Å². The van der Waals surface area contributed by atoms with Gasteiger partial charge in [-0.25, -0.2) is 4.79 Å². The van der Waals surface area contributed by atoms with Crippen molar-refractivity contribution in [3.8, 4) is 0 Å². The molecule has 1 amide bonds. The van der Waals surface area contributed by atoms with Crippen molar-refractivity contribution in [2.24, 2.45) is 7.05 Å². The van der Waals surface area contributed by atoms with Crippen molar-refractivity contribution in [2.45, 2.75) is 13.0 Å². The third-order valence-electron chi connectivity index (χ3n) is 3.68. The molecule has 2 aromatic rings. The molecule has 1 atom stereocenters. The molecule has 4 nitrogen and oxygen atoms in total. The van der Waals surface area contributed by atoms with E-state index in [-0.39, 0.29) is 12.1 Å². The van der Waals surface area contributed by atoms with Crippen LogP contribution in [0.1, 0.15) is 24.2 Å². The third kappa shape index (κ3) is 2.33. The van der Waals surface area contributed by atoms with Crippen molar-refractivity contribution in [1.82, 2.24) is 4.57 Å². The predicted octanol–water partition coefficient (Wildman–Crippen LogP) is 3.76. The monoisotopic (exact) mass is 282 g/mol. The molecule has 0 saturated carbocycles. The summed E-state index contributed by atoms with van der Waals surface area (Å²) < 4.78 is 7.27. The molecule has 0 fully saturated rings. The largest absolute Gasteiger partial charge is 0.449 e. The second-order valence-electron chi connectivity index (χ2n) is 4.98. The first kappa shape index (κ1) is 13.5. The van der Waals surface area contributed by atoms with Crippen LogP contribution in [0.25, 0.3) is 6.08 Å². The summed E-state index contributed by atoms with van der Waals surface area (Å²) in [5.74, 6) is 0. The molecule has 0 saturated heterocycles. The number of anilines is 1. The summed E-state index contributed by atoms with van der Waals surface area (Å²) in [6.07, 6.45) is 5.75. The van der Waals surface area contributed by atoms with Crippen molar-refractivity contribution >= 4 is 17.9 Å². The van der Waals surface area contributed by atoms with Gasteiger partial charge in [0.05, 0.1) is 18.3 Å². The molecule has 1 aliphatic rings. The molecule has 0 spiro atoms. The number of para-hydroxylation sites is 1. The third-order valence-corrected chi connectivity index (χ3v) is 3.68. The number of carbonyl (C=O) groups is 1. The minimum atomic E-state index is -0.319. The Balaban J connectivity index is 2.08. The summed E-state index contributed by atoms with van der Waals surface area (Å²) in [6.45, 7) is 2.18. The lowest BCUT2D eigenvalue weighted by Gasteiger charge is -2.33. The predicted molar refractivity (Wildman–Crippen MR) is 83.1 cm³/mol. The molecule has 3 rings (SSSR count). The van der Waals surface area contributed by atoms with Gasteiger partial charge in [-0.05, 0) is 30.7 Å². The summed E-state index contributed by atoms with van der Waals surface area (Å²) in [5, 5.41) is 0. The highest BCUT2D eigenvalue weighted by Gasteiger charge is 2.31. The average Bonchev–Trinajstić information content (AvgIpc) is 2.92. The van der Waals surface area contributed by atoms with Crippen LogP contribution in [-0.4, -0.2) is 17.3 Å². The van der Waals surface area contributed by atoms with Crippen LogP contribution >= 0.6 is 0 Å². The van der Waals surface area contributed by atoms with E-state index < -0.39 is 0 Å².